The Kier molecular flexibility index (Phi) is 17.9. The lowest BCUT2D eigenvalue weighted by atomic mass is 9.79. The molecule has 0 atom stereocenters. The average molecular weight is 1730 g/mol. The third-order valence-electron chi connectivity index (χ3n) is 29.5. The number of thiophene rings is 1. The zero-order chi connectivity index (χ0) is 89.4. The molecule has 634 valence electrons. The molecule has 3 aliphatic carbocycles. The average Bonchev–Trinajstić information content (AvgIpc) is 1.53. The Morgan fingerprint density at radius 1 is 0.194 bits per heavy atom. The molecule has 0 amide bonds. The lowest BCUT2D eigenvalue weighted by Gasteiger charge is -2.27. The van der Waals surface area contributed by atoms with Crippen LogP contribution in [-0.2, 0) is 16.2 Å². The minimum Gasteiger partial charge on any atom is -0.456 e. The maximum atomic E-state index is 6.32. The van der Waals surface area contributed by atoms with Crippen molar-refractivity contribution in [1.82, 2.24) is 0 Å². The molecular weight excluding hydrogens is 1640 g/mol. The molecule has 2 aromatic heterocycles. The van der Waals surface area contributed by atoms with E-state index in [2.05, 4.69) is 487 Å². The highest BCUT2D eigenvalue weighted by Crippen LogP contribution is 2.61. The van der Waals surface area contributed by atoms with Crippen molar-refractivity contribution in [3.8, 4) is 33.4 Å². The van der Waals surface area contributed by atoms with E-state index >= 15 is 0 Å². The van der Waals surface area contributed by atoms with E-state index < -0.39 is 0 Å². The second-order valence-corrected chi connectivity index (χ2v) is 39.0. The highest BCUT2D eigenvalue weighted by Gasteiger charge is 2.42. The van der Waals surface area contributed by atoms with Crippen LogP contribution < -0.4 is 14.7 Å². The predicted molar refractivity (Wildman–Crippen MR) is 574 cm³/mol. The van der Waals surface area contributed by atoms with Crippen molar-refractivity contribution >= 4 is 202 Å². The highest BCUT2D eigenvalue weighted by atomic mass is 32.1. The van der Waals surface area contributed by atoms with Gasteiger partial charge in [0.05, 0.1) is 16.8 Å². The van der Waals surface area contributed by atoms with Crippen LogP contribution >= 0.6 is 11.3 Å². The molecule has 4 nitrogen and oxygen atoms in total. The van der Waals surface area contributed by atoms with Gasteiger partial charge in [-0.15, -0.1) is 11.3 Å². The number of fused-ring (bicyclic) bond motifs is 36. The summed E-state index contributed by atoms with van der Waals surface area (Å²) in [5.41, 5.74) is 28.7. The fourth-order valence-electron chi connectivity index (χ4n) is 23.9. The molecule has 0 saturated carbocycles. The monoisotopic (exact) mass is 1730 g/mol. The summed E-state index contributed by atoms with van der Waals surface area (Å²) in [7, 11) is 0. The molecule has 0 fully saturated rings. The van der Waals surface area contributed by atoms with E-state index in [1.165, 1.54) is 190 Å². The molecule has 0 aliphatic heterocycles. The zero-order valence-corrected chi connectivity index (χ0v) is 76.1. The number of nitrogens with zero attached hydrogens (tertiary/aromatic N) is 3. The molecule has 0 saturated heterocycles. The number of hydrogen-bond donors (Lipinski definition) is 0. The van der Waals surface area contributed by atoms with Crippen LogP contribution in [0.15, 0.2) is 447 Å². The van der Waals surface area contributed by atoms with Gasteiger partial charge in [-0.3, -0.25) is 0 Å². The van der Waals surface area contributed by atoms with Crippen LogP contribution in [-0.4, -0.2) is 0 Å². The maximum Gasteiger partial charge on any atom is 0.137 e. The van der Waals surface area contributed by atoms with Crippen molar-refractivity contribution < 1.29 is 4.42 Å². The molecule has 0 bridgehead atoms. The fraction of sp³-hybridized carbons (Fsp3) is 0.0698. The van der Waals surface area contributed by atoms with Crippen molar-refractivity contribution in [3.63, 3.8) is 0 Å². The van der Waals surface area contributed by atoms with Crippen LogP contribution in [0.3, 0.4) is 0 Å². The van der Waals surface area contributed by atoms with Crippen molar-refractivity contribution in [2.75, 3.05) is 14.7 Å². The Labute approximate surface area is 782 Å². The summed E-state index contributed by atoms with van der Waals surface area (Å²) >= 11 is 1.87. The van der Waals surface area contributed by atoms with E-state index in [1.54, 1.807) is 0 Å². The van der Waals surface area contributed by atoms with Gasteiger partial charge in [0.1, 0.15) is 11.2 Å². The Hall–Kier alpha value is -16.2. The molecule has 25 aromatic rings. The maximum absolute atomic E-state index is 6.32. The third kappa shape index (κ3) is 11.9. The Bertz CT molecular complexity index is 8760. The molecule has 0 unspecified atom stereocenters. The normalized spacial score (nSPS) is 13.5. The van der Waals surface area contributed by atoms with E-state index in [4.69, 9.17) is 4.42 Å². The summed E-state index contributed by atoms with van der Waals surface area (Å²) in [5.74, 6) is 0. The minimum absolute atomic E-state index is 0.0512. The second kappa shape index (κ2) is 30.5. The summed E-state index contributed by atoms with van der Waals surface area (Å²) in [6.45, 7) is 14.3. The van der Waals surface area contributed by atoms with Gasteiger partial charge >= 0.3 is 0 Å². The number of anilines is 9. The highest BCUT2D eigenvalue weighted by molar-refractivity contribution is 7.26. The van der Waals surface area contributed by atoms with Crippen LogP contribution in [0.25, 0.3) is 172 Å². The van der Waals surface area contributed by atoms with Gasteiger partial charge in [0, 0.05) is 81.6 Å². The molecule has 134 heavy (non-hydrogen) atoms. The first-order chi connectivity index (χ1) is 65.8. The van der Waals surface area contributed by atoms with E-state index in [9.17, 15) is 0 Å². The largest absolute Gasteiger partial charge is 0.456 e. The molecule has 2 heterocycles. The van der Waals surface area contributed by atoms with Gasteiger partial charge in [0.15, 0.2) is 0 Å². The molecule has 0 N–H and O–H groups in total. The number of hydrogen-bond acceptors (Lipinski definition) is 5. The summed E-state index contributed by atoms with van der Waals surface area (Å²) in [6.07, 6.45) is 0. The van der Waals surface area contributed by atoms with E-state index in [0.29, 0.717) is 0 Å². The van der Waals surface area contributed by atoms with Crippen molar-refractivity contribution in [2.24, 2.45) is 0 Å². The smallest absolute Gasteiger partial charge is 0.137 e. The number of para-hydroxylation sites is 5. The fourth-order valence-corrected chi connectivity index (χ4v) is 25.0. The molecular formula is C129H91N3OS. The summed E-state index contributed by atoms with van der Waals surface area (Å²) in [6, 6.07) is 162. The van der Waals surface area contributed by atoms with E-state index in [1.807, 2.05) is 23.5 Å². The van der Waals surface area contributed by atoms with Crippen LogP contribution in [0, 0.1) is 0 Å². The van der Waals surface area contributed by atoms with Crippen molar-refractivity contribution in [2.45, 2.75) is 57.8 Å². The van der Waals surface area contributed by atoms with Crippen LogP contribution in [0.4, 0.5) is 51.2 Å². The van der Waals surface area contributed by atoms with Gasteiger partial charge in [0.2, 0.25) is 0 Å². The SMILES string of the molecule is CC1(C)c2ccccc2-c2c1c1ccccc1c1c2ccc2cc(N(c3ccccc3)c3cccc4oc5ccccc5c34)ccc21.CC1(C)c2ccccc2-c2c1c1ccccc1c1c2ccc2cc(N(c3ccccc3)c3cccc4sc5ccccc5c34)ccc21.CC1(C)c2ccccc2-c2c1c1ccccc1c1c2ccc2cc(N(c3ccccc3)c3ccccc3)ccc21. The van der Waals surface area contributed by atoms with E-state index in [0.717, 1.165) is 67.4 Å². The summed E-state index contributed by atoms with van der Waals surface area (Å²) in [4.78, 5) is 7.14. The molecule has 23 aromatic carbocycles. The van der Waals surface area contributed by atoms with Crippen LogP contribution in [0.1, 0.15) is 74.9 Å². The summed E-state index contributed by atoms with van der Waals surface area (Å²) in [5, 5.41) is 28.5. The first-order valence-corrected chi connectivity index (χ1v) is 47.6. The van der Waals surface area contributed by atoms with Crippen LogP contribution in [0.2, 0.25) is 0 Å². The molecule has 0 spiro atoms. The lowest BCUT2D eigenvalue weighted by Crippen LogP contribution is -2.15. The quantitative estimate of drug-likeness (QED) is 0.134. The minimum atomic E-state index is -0.0764. The standard InChI is InChI=1S/C45H31NO.C45H31NS.C39H29N/c2*1-45(2)37-19-10-8-17-34(37)42-36-25-23-28-27-30(24-26-31(28)41(36)32-15-6-7-16-33(32)44(42)45)46(29-13-4-3-5-14-29)38-20-12-22-40-43(38)35-18-9-11-21-39(35)47-40;1-39(2)35-20-12-11-19-33(35)37-34-23-21-26-25-29(40(27-13-5-3-6-14-27)28-15-7-4-8-16-28)22-24-30(26)36(34)31-17-9-10-18-32(31)38(37)39/h2*3-27H,1-2H3;3-25H,1-2H3. The lowest BCUT2D eigenvalue weighted by molar-refractivity contribution is 0.666. The molecule has 0 radical (unpaired) electrons. The van der Waals surface area contributed by atoms with Gasteiger partial charge in [-0.1, -0.05) is 363 Å². The number of rotatable bonds is 9. The molecule has 28 rings (SSSR count). The van der Waals surface area contributed by atoms with Crippen molar-refractivity contribution in [3.05, 3.63) is 476 Å². The third-order valence-corrected chi connectivity index (χ3v) is 30.7. The van der Waals surface area contributed by atoms with Gasteiger partial charge in [-0.25, -0.2) is 0 Å². The molecule has 3 aliphatic rings. The first kappa shape index (κ1) is 78.8. The Morgan fingerprint density at radius 2 is 0.493 bits per heavy atom. The molecule has 5 heteroatoms. The Morgan fingerprint density at radius 3 is 0.903 bits per heavy atom. The predicted octanol–water partition coefficient (Wildman–Crippen LogP) is 37.0. The van der Waals surface area contributed by atoms with Gasteiger partial charge < -0.3 is 19.1 Å². The number of furan rings is 1. The van der Waals surface area contributed by atoms with Crippen LogP contribution in [0.5, 0.6) is 0 Å². The topological polar surface area (TPSA) is 22.9 Å². The zero-order valence-electron chi connectivity index (χ0n) is 75.3. The first-order valence-electron chi connectivity index (χ1n) is 46.8. The van der Waals surface area contributed by atoms with Gasteiger partial charge in [0.25, 0.3) is 0 Å². The van der Waals surface area contributed by atoms with E-state index in [-0.39, 0.29) is 16.2 Å². The van der Waals surface area contributed by atoms with Crippen molar-refractivity contribution in [1.29, 1.82) is 0 Å². The van der Waals surface area contributed by atoms with Gasteiger partial charge in [-0.2, -0.15) is 0 Å². The summed E-state index contributed by atoms with van der Waals surface area (Å²) < 4.78 is 8.95. The second-order valence-electron chi connectivity index (χ2n) is 37.9. The Balaban J connectivity index is 0.000000105. The number of benzene rings is 23. The van der Waals surface area contributed by atoms with Gasteiger partial charge in [-0.05, 0) is 285 Å².